The van der Waals surface area contributed by atoms with Gasteiger partial charge in [0.1, 0.15) is 5.92 Å². The van der Waals surface area contributed by atoms with Crippen LogP contribution in [0.25, 0.3) is 0 Å². The van der Waals surface area contributed by atoms with Gasteiger partial charge in [-0.2, -0.15) is 0 Å². The SMILES string of the molecule is CC(C)(C)C(C(=O)O)C(=O)Nc1c(Br)cc(Br)cc1Br. The number of anilines is 1. The highest BCUT2D eigenvalue weighted by Gasteiger charge is 2.38. The Balaban J connectivity index is 3.10. The Labute approximate surface area is 142 Å². The molecular weight excluding hydrogens is 458 g/mol. The lowest BCUT2D eigenvalue weighted by atomic mass is 9.80. The molecule has 1 aromatic carbocycles. The van der Waals surface area contributed by atoms with Crippen LogP contribution in [0.15, 0.2) is 25.6 Å². The summed E-state index contributed by atoms with van der Waals surface area (Å²) >= 11 is 10.0. The number of nitrogens with one attached hydrogen (secondary N) is 1. The Morgan fingerprint density at radius 2 is 1.60 bits per heavy atom. The van der Waals surface area contributed by atoms with Crippen molar-refractivity contribution < 1.29 is 14.7 Å². The normalized spacial score (nSPS) is 12.9. The van der Waals surface area contributed by atoms with E-state index >= 15 is 0 Å². The molecule has 20 heavy (non-hydrogen) atoms. The van der Waals surface area contributed by atoms with Gasteiger partial charge in [0.05, 0.1) is 5.69 Å². The highest BCUT2D eigenvalue weighted by molar-refractivity contribution is 9.11. The van der Waals surface area contributed by atoms with Gasteiger partial charge in [-0.05, 0) is 49.4 Å². The van der Waals surface area contributed by atoms with Crippen molar-refractivity contribution in [3.8, 4) is 0 Å². The zero-order valence-electron chi connectivity index (χ0n) is 11.1. The van der Waals surface area contributed by atoms with Gasteiger partial charge in [0.25, 0.3) is 0 Å². The average Bonchev–Trinajstić information content (AvgIpc) is 2.20. The van der Waals surface area contributed by atoms with Crippen molar-refractivity contribution in [2.75, 3.05) is 5.32 Å². The molecule has 4 nitrogen and oxygen atoms in total. The zero-order chi connectivity index (χ0) is 15.7. The first-order valence-electron chi connectivity index (χ1n) is 5.72. The Bertz CT molecular complexity index is 529. The van der Waals surface area contributed by atoms with Crippen LogP contribution in [0.4, 0.5) is 5.69 Å². The number of amides is 1. The van der Waals surface area contributed by atoms with Gasteiger partial charge in [-0.25, -0.2) is 0 Å². The minimum absolute atomic E-state index is 0.508. The lowest BCUT2D eigenvalue weighted by molar-refractivity contribution is -0.149. The maximum Gasteiger partial charge on any atom is 0.316 e. The Morgan fingerprint density at radius 3 is 1.95 bits per heavy atom. The summed E-state index contributed by atoms with van der Waals surface area (Å²) in [4.78, 5) is 23.6. The zero-order valence-corrected chi connectivity index (χ0v) is 15.9. The molecule has 1 unspecified atom stereocenters. The summed E-state index contributed by atoms with van der Waals surface area (Å²) in [6, 6.07) is 3.54. The van der Waals surface area contributed by atoms with Crippen LogP contribution in [0.2, 0.25) is 0 Å². The van der Waals surface area contributed by atoms with Gasteiger partial charge in [0.15, 0.2) is 0 Å². The number of hydrogen-bond acceptors (Lipinski definition) is 2. The second kappa shape index (κ2) is 6.58. The molecule has 0 spiro atoms. The van der Waals surface area contributed by atoms with Gasteiger partial charge in [0, 0.05) is 13.4 Å². The minimum Gasteiger partial charge on any atom is -0.481 e. The lowest BCUT2D eigenvalue weighted by Crippen LogP contribution is -2.39. The third-order valence-corrected chi connectivity index (χ3v) is 4.34. The van der Waals surface area contributed by atoms with Crippen molar-refractivity contribution in [1.29, 1.82) is 0 Å². The molecule has 0 saturated heterocycles. The van der Waals surface area contributed by atoms with Crippen LogP contribution in [0.3, 0.4) is 0 Å². The quantitative estimate of drug-likeness (QED) is 0.630. The maximum atomic E-state index is 12.2. The molecular formula is C13H14Br3NO3. The molecule has 1 amide bonds. The maximum absolute atomic E-state index is 12.2. The molecule has 1 atom stereocenters. The van der Waals surface area contributed by atoms with Gasteiger partial charge in [-0.1, -0.05) is 36.7 Å². The van der Waals surface area contributed by atoms with Crippen LogP contribution in [0, 0.1) is 11.3 Å². The standard InChI is InChI=1S/C13H14Br3NO3/c1-13(2,3)9(12(19)20)11(18)17-10-7(15)4-6(14)5-8(10)16/h4-5,9H,1-3H3,(H,17,18)(H,19,20). The van der Waals surface area contributed by atoms with E-state index in [9.17, 15) is 14.7 Å². The summed E-state index contributed by atoms with van der Waals surface area (Å²) in [5, 5.41) is 11.9. The van der Waals surface area contributed by atoms with E-state index in [1.165, 1.54) is 0 Å². The number of halogens is 3. The Hall–Kier alpha value is -0.400. The molecule has 0 heterocycles. The Kier molecular flexibility index (Phi) is 5.80. The van der Waals surface area contributed by atoms with Crippen LogP contribution in [-0.2, 0) is 9.59 Å². The van der Waals surface area contributed by atoms with Crippen LogP contribution in [0.5, 0.6) is 0 Å². The summed E-state index contributed by atoms with van der Waals surface area (Å²) in [6.45, 7) is 5.16. The van der Waals surface area contributed by atoms with Gasteiger partial charge in [-0.3, -0.25) is 9.59 Å². The molecule has 2 N–H and O–H groups in total. The first-order chi connectivity index (χ1) is 9.04. The molecule has 0 radical (unpaired) electrons. The smallest absolute Gasteiger partial charge is 0.316 e. The second-order valence-corrected chi connectivity index (χ2v) is 8.00. The number of carboxylic acids is 1. The molecule has 0 aliphatic heterocycles. The minimum atomic E-state index is -1.14. The van der Waals surface area contributed by atoms with E-state index in [4.69, 9.17) is 0 Å². The Morgan fingerprint density at radius 1 is 1.15 bits per heavy atom. The van der Waals surface area contributed by atoms with Crippen molar-refractivity contribution >= 4 is 65.4 Å². The number of aliphatic carboxylic acids is 1. The molecule has 1 aromatic rings. The molecule has 0 aliphatic carbocycles. The third kappa shape index (κ3) is 4.30. The lowest BCUT2D eigenvalue weighted by Gasteiger charge is -2.26. The first kappa shape index (κ1) is 17.7. The first-order valence-corrected chi connectivity index (χ1v) is 8.10. The molecule has 1 rings (SSSR count). The van der Waals surface area contributed by atoms with E-state index in [2.05, 4.69) is 53.1 Å². The fraction of sp³-hybridized carbons (Fsp3) is 0.385. The summed E-state index contributed by atoms with van der Waals surface area (Å²) in [6.07, 6.45) is 0. The summed E-state index contributed by atoms with van der Waals surface area (Å²) in [5.41, 5.74) is -0.168. The van der Waals surface area contributed by atoms with E-state index in [0.717, 1.165) is 4.47 Å². The number of hydrogen-bond donors (Lipinski definition) is 2. The van der Waals surface area contributed by atoms with Crippen molar-refractivity contribution in [1.82, 2.24) is 0 Å². The van der Waals surface area contributed by atoms with Crippen molar-refractivity contribution in [2.24, 2.45) is 11.3 Å². The van der Waals surface area contributed by atoms with Crippen molar-refractivity contribution in [2.45, 2.75) is 20.8 Å². The van der Waals surface area contributed by atoms with E-state index in [-0.39, 0.29) is 0 Å². The van der Waals surface area contributed by atoms with Gasteiger partial charge >= 0.3 is 5.97 Å². The van der Waals surface area contributed by atoms with Crippen LogP contribution >= 0.6 is 47.8 Å². The number of benzene rings is 1. The molecule has 0 aromatic heterocycles. The van der Waals surface area contributed by atoms with Gasteiger partial charge < -0.3 is 10.4 Å². The predicted octanol–water partition coefficient (Wildman–Crippen LogP) is 4.66. The number of carbonyl (C=O) groups excluding carboxylic acids is 1. The average molecular weight is 472 g/mol. The highest BCUT2D eigenvalue weighted by atomic mass is 79.9. The summed E-state index contributed by atoms with van der Waals surface area (Å²) < 4.78 is 2.15. The second-order valence-electron chi connectivity index (χ2n) is 5.37. The van der Waals surface area contributed by atoms with Crippen molar-refractivity contribution in [3.05, 3.63) is 25.6 Å². The summed E-state index contributed by atoms with van der Waals surface area (Å²) in [5.74, 6) is -2.82. The monoisotopic (exact) mass is 469 g/mol. The molecule has 7 heteroatoms. The van der Waals surface area contributed by atoms with Gasteiger partial charge in [-0.15, -0.1) is 0 Å². The van der Waals surface area contributed by atoms with E-state index < -0.39 is 23.2 Å². The van der Waals surface area contributed by atoms with Gasteiger partial charge in [0.2, 0.25) is 5.91 Å². The molecule has 0 saturated carbocycles. The largest absolute Gasteiger partial charge is 0.481 e. The predicted molar refractivity (Wildman–Crippen MR) is 88.8 cm³/mol. The van der Waals surface area contributed by atoms with E-state index in [1.807, 2.05) is 0 Å². The number of carboxylic acid groups (broad SMARTS) is 1. The van der Waals surface area contributed by atoms with E-state index in [0.29, 0.717) is 14.6 Å². The third-order valence-electron chi connectivity index (χ3n) is 2.63. The van der Waals surface area contributed by atoms with Crippen LogP contribution in [-0.4, -0.2) is 17.0 Å². The molecule has 110 valence electrons. The highest BCUT2D eigenvalue weighted by Crippen LogP contribution is 2.36. The van der Waals surface area contributed by atoms with Crippen LogP contribution in [0.1, 0.15) is 20.8 Å². The molecule has 0 fully saturated rings. The molecule has 0 aliphatic rings. The number of rotatable bonds is 3. The fourth-order valence-corrected chi connectivity index (χ4v) is 4.19. The number of carbonyl (C=O) groups is 2. The summed E-state index contributed by atoms with van der Waals surface area (Å²) in [7, 11) is 0. The van der Waals surface area contributed by atoms with E-state index in [1.54, 1.807) is 32.9 Å². The molecule has 0 bridgehead atoms. The van der Waals surface area contributed by atoms with Crippen LogP contribution < -0.4 is 5.32 Å². The fourth-order valence-electron chi connectivity index (χ4n) is 1.73. The van der Waals surface area contributed by atoms with Crippen molar-refractivity contribution in [3.63, 3.8) is 0 Å². The topological polar surface area (TPSA) is 66.4 Å².